The highest BCUT2D eigenvalue weighted by molar-refractivity contribution is 7.93. The van der Waals surface area contributed by atoms with Crippen molar-refractivity contribution in [2.75, 3.05) is 4.72 Å². The molecule has 18 heavy (non-hydrogen) atoms. The number of phenols is 1. The van der Waals surface area contributed by atoms with Crippen LogP contribution in [0, 0.1) is 0 Å². The standard InChI is InChI=1S/C11H13Cl2NO3S/c12-9-5-7(6-10(13)11(9)15)14-18(16,17)8-3-1-2-4-8/h5-6,8,14-15H,1-4H2. The van der Waals surface area contributed by atoms with E-state index in [1.54, 1.807) is 0 Å². The van der Waals surface area contributed by atoms with Gasteiger partial charge in [-0.15, -0.1) is 0 Å². The molecule has 0 unspecified atom stereocenters. The average molecular weight is 310 g/mol. The second-order valence-corrected chi connectivity index (χ2v) is 7.12. The Balaban J connectivity index is 2.23. The zero-order chi connectivity index (χ0) is 13.3. The second kappa shape index (κ2) is 5.15. The predicted molar refractivity (Wildman–Crippen MR) is 72.9 cm³/mol. The van der Waals surface area contributed by atoms with E-state index in [0.717, 1.165) is 12.8 Å². The van der Waals surface area contributed by atoms with E-state index in [9.17, 15) is 13.5 Å². The van der Waals surface area contributed by atoms with Gasteiger partial charge in [0.25, 0.3) is 0 Å². The highest BCUT2D eigenvalue weighted by atomic mass is 35.5. The Morgan fingerprint density at radius 1 is 1.17 bits per heavy atom. The van der Waals surface area contributed by atoms with Gasteiger partial charge < -0.3 is 5.11 Å². The lowest BCUT2D eigenvalue weighted by molar-refractivity contribution is 0.476. The molecule has 4 nitrogen and oxygen atoms in total. The Kier molecular flexibility index (Phi) is 3.94. The average Bonchev–Trinajstić information content (AvgIpc) is 2.79. The molecule has 1 saturated carbocycles. The number of sulfonamides is 1. The van der Waals surface area contributed by atoms with Crippen molar-refractivity contribution in [3.63, 3.8) is 0 Å². The third-order valence-corrected chi connectivity index (χ3v) is 5.46. The van der Waals surface area contributed by atoms with Gasteiger partial charge in [-0.05, 0) is 25.0 Å². The van der Waals surface area contributed by atoms with E-state index in [0.29, 0.717) is 12.8 Å². The monoisotopic (exact) mass is 309 g/mol. The number of benzene rings is 1. The normalized spacial score (nSPS) is 17.0. The molecule has 0 atom stereocenters. The van der Waals surface area contributed by atoms with Crippen LogP contribution in [0.25, 0.3) is 0 Å². The molecule has 1 fully saturated rings. The van der Waals surface area contributed by atoms with Gasteiger partial charge in [0, 0.05) is 0 Å². The molecule has 100 valence electrons. The van der Waals surface area contributed by atoms with Gasteiger partial charge >= 0.3 is 0 Å². The molecule has 0 bridgehead atoms. The summed E-state index contributed by atoms with van der Waals surface area (Å²) in [5.74, 6) is -0.248. The molecule has 1 aliphatic rings. The van der Waals surface area contributed by atoms with E-state index < -0.39 is 10.0 Å². The summed E-state index contributed by atoms with van der Waals surface area (Å²) in [6.07, 6.45) is 3.22. The molecule has 2 N–H and O–H groups in total. The van der Waals surface area contributed by atoms with E-state index in [2.05, 4.69) is 4.72 Å². The van der Waals surface area contributed by atoms with Gasteiger partial charge in [0.15, 0.2) is 5.75 Å². The molecule has 0 aliphatic heterocycles. The van der Waals surface area contributed by atoms with Crippen molar-refractivity contribution in [3.8, 4) is 5.75 Å². The van der Waals surface area contributed by atoms with Gasteiger partial charge in [-0.25, -0.2) is 8.42 Å². The lowest BCUT2D eigenvalue weighted by Gasteiger charge is -2.14. The fourth-order valence-corrected chi connectivity index (χ4v) is 4.12. The van der Waals surface area contributed by atoms with Crippen LogP contribution in [-0.4, -0.2) is 18.8 Å². The molecule has 0 heterocycles. The second-order valence-electron chi connectivity index (χ2n) is 4.34. The summed E-state index contributed by atoms with van der Waals surface area (Å²) >= 11 is 11.5. The molecule has 1 aliphatic carbocycles. The molecule has 0 amide bonds. The number of anilines is 1. The van der Waals surface area contributed by atoms with E-state index in [1.807, 2.05) is 0 Å². The minimum absolute atomic E-state index is 0.0200. The first-order chi connectivity index (χ1) is 8.40. The molecule has 1 aromatic carbocycles. The Morgan fingerprint density at radius 2 is 1.67 bits per heavy atom. The van der Waals surface area contributed by atoms with E-state index >= 15 is 0 Å². The van der Waals surface area contributed by atoms with Crippen LogP contribution in [0.15, 0.2) is 12.1 Å². The zero-order valence-electron chi connectivity index (χ0n) is 9.49. The number of hydrogen-bond donors (Lipinski definition) is 2. The Hall–Kier alpha value is -0.650. The minimum atomic E-state index is -3.41. The van der Waals surface area contributed by atoms with Crippen molar-refractivity contribution in [1.29, 1.82) is 0 Å². The van der Waals surface area contributed by atoms with Crippen molar-refractivity contribution in [2.45, 2.75) is 30.9 Å². The number of phenolic OH excluding ortho intramolecular Hbond substituents is 1. The first-order valence-corrected chi connectivity index (χ1v) is 7.90. The SMILES string of the molecule is O=S(=O)(Nc1cc(Cl)c(O)c(Cl)c1)C1CCCC1. The van der Waals surface area contributed by atoms with Crippen molar-refractivity contribution in [1.82, 2.24) is 0 Å². The van der Waals surface area contributed by atoms with Gasteiger partial charge in [-0.2, -0.15) is 0 Å². The van der Waals surface area contributed by atoms with Gasteiger partial charge in [0.05, 0.1) is 21.0 Å². The summed E-state index contributed by atoms with van der Waals surface area (Å²) in [5, 5.41) is 9.08. The smallest absolute Gasteiger partial charge is 0.235 e. The minimum Gasteiger partial charge on any atom is -0.505 e. The van der Waals surface area contributed by atoms with Crippen LogP contribution in [0.3, 0.4) is 0 Å². The fourth-order valence-electron chi connectivity index (χ4n) is 2.07. The number of hydrogen-bond acceptors (Lipinski definition) is 3. The third-order valence-electron chi connectivity index (χ3n) is 3.02. The molecule has 2 rings (SSSR count). The van der Waals surface area contributed by atoms with E-state index in [-0.39, 0.29) is 26.7 Å². The molecule has 0 radical (unpaired) electrons. The summed E-state index contributed by atoms with van der Waals surface area (Å²) in [7, 11) is -3.41. The first kappa shape index (κ1) is 13.8. The van der Waals surface area contributed by atoms with E-state index in [4.69, 9.17) is 23.2 Å². The summed E-state index contributed by atoms with van der Waals surface area (Å²) in [6.45, 7) is 0. The van der Waals surface area contributed by atoms with Crippen LogP contribution >= 0.6 is 23.2 Å². The maximum absolute atomic E-state index is 12.0. The molecule has 0 saturated heterocycles. The Bertz CT molecular complexity index is 530. The van der Waals surface area contributed by atoms with Crippen LogP contribution < -0.4 is 4.72 Å². The number of rotatable bonds is 3. The largest absolute Gasteiger partial charge is 0.505 e. The van der Waals surface area contributed by atoms with Crippen molar-refractivity contribution in [3.05, 3.63) is 22.2 Å². The molecular formula is C11H13Cl2NO3S. The molecular weight excluding hydrogens is 297 g/mol. The summed E-state index contributed by atoms with van der Waals surface area (Å²) in [4.78, 5) is 0. The Morgan fingerprint density at radius 3 is 2.17 bits per heavy atom. The summed E-state index contributed by atoms with van der Waals surface area (Å²) in [6, 6.07) is 2.69. The van der Waals surface area contributed by atoms with Gasteiger partial charge in [-0.3, -0.25) is 4.72 Å². The topological polar surface area (TPSA) is 66.4 Å². The third kappa shape index (κ3) is 2.84. The van der Waals surface area contributed by atoms with Gasteiger partial charge in [-0.1, -0.05) is 36.0 Å². The van der Waals surface area contributed by atoms with Crippen LogP contribution in [-0.2, 0) is 10.0 Å². The molecule has 1 aromatic rings. The lowest BCUT2D eigenvalue weighted by atomic mass is 10.3. The summed E-state index contributed by atoms with van der Waals surface area (Å²) < 4.78 is 26.6. The van der Waals surface area contributed by atoms with Crippen LogP contribution in [0.2, 0.25) is 10.0 Å². The maximum Gasteiger partial charge on any atom is 0.235 e. The maximum atomic E-state index is 12.0. The van der Waals surface area contributed by atoms with Crippen molar-refractivity contribution >= 4 is 38.9 Å². The number of aromatic hydroxyl groups is 1. The fraction of sp³-hybridized carbons (Fsp3) is 0.455. The summed E-state index contributed by atoms with van der Waals surface area (Å²) in [5.41, 5.74) is 0.273. The number of halogens is 2. The number of nitrogens with one attached hydrogen (secondary N) is 1. The highest BCUT2D eigenvalue weighted by Gasteiger charge is 2.28. The van der Waals surface area contributed by atoms with Crippen molar-refractivity contribution in [2.24, 2.45) is 0 Å². The van der Waals surface area contributed by atoms with Gasteiger partial charge in [0.1, 0.15) is 0 Å². The van der Waals surface area contributed by atoms with Crippen LogP contribution in [0.4, 0.5) is 5.69 Å². The van der Waals surface area contributed by atoms with E-state index in [1.165, 1.54) is 12.1 Å². The lowest BCUT2D eigenvalue weighted by Crippen LogP contribution is -2.25. The predicted octanol–water partition coefficient (Wildman–Crippen LogP) is 3.38. The van der Waals surface area contributed by atoms with Gasteiger partial charge in [0.2, 0.25) is 10.0 Å². The highest BCUT2D eigenvalue weighted by Crippen LogP contribution is 2.35. The van der Waals surface area contributed by atoms with Crippen LogP contribution in [0.1, 0.15) is 25.7 Å². The zero-order valence-corrected chi connectivity index (χ0v) is 11.8. The Labute approximate surface area is 116 Å². The molecule has 7 heteroatoms. The molecule has 0 aromatic heterocycles. The molecule has 0 spiro atoms. The quantitative estimate of drug-likeness (QED) is 0.841. The van der Waals surface area contributed by atoms with Crippen molar-refractivity contribution < 1.29 is 13.5 Å². The van der Waals surface area contributed by atoms with Crippen LogP contribution in [0.5, 0.6) is 5.75 Å². The first-order valence-electron chi connectivity index (χ1n) is 5.60.